The van der Waals surface area contributed by atoms with E-state index in [1.807, 2.05) is 23.0 Å². The summed E-state index contributed by atoms with van der Waals surface area (Å²) in [7, 11) is 0. The Morgan fingerprint density at radius 1 is 1.09 bits per heavy atom. The number of rotatable bonds is 9. The Labute approximate surface area is 276 Å². The standard InChI is InChI=1S/C33H34Cl2FN7O3/c1-19(30-25(34)6-7-26(36)31(30)35)46-28-14-21(15-38-32(28)37)22-16-39-43(18-22)24-10-12-42(13-11-24)17-20-2-4-23(5-3-20)40-27-8-9-29(44)41-33(27)45/h2-7,14-16,18-19,24,27,40H,8-13,17H2,1H3,(H2,37,38)(H,41,44,45)/t19-,27?/m1/s1. The molecule has 6 rings (SSSR count). The summed E-state index contributed by atoms with van der Waals surface area (Å²) in [6.07, 6.45) is 7.56. The summed E-state index contributed by atoms with van der Waals surface area (Å²) in [5.41, 5.74) is 10.2. The minimum absolute atomic E-state index is 0.0905. The first-order chi connectivity index (χ1) is 22.1. The van der Waals surface area contributed by atoms with E-state index in [0.29, 0.717) is 29.2 Å². The molecule has 13 heteroatoms. The van der Waals surface area contributed by atoms with E-state index >= 15 is 0 Å². The van der Waals surface area contributed by atoms with Crippen molar-refractivity contribution < 1.29 is 18.7 Å². The maximum atomic E-state index is 14.1. The van der Waals surface area contributed by atoms with Crippen molar-refractivity contribution in [2.75, 3.05) is 24.1 Å². The number of aromatic nitrogens is 3. The van der Waals surface area contributed by atoms with Crippen LogP contribution in [-0.4, -0.2) is 50.6 Å². The monoisotopic (exact) mass is 665 g/mol. The summed E-state index contributed by atoms with van der Waals surface area (Å²) in [6.45, 7) is 4.42. The highest BCUT2D eigenvalue weighted by molar-refractivity contribution is 6.36. The third kappa shape index (κ3) is 7.11. The largest absolute Gasteiger partial charge is 0.482 e. The van der Waals surface area contributed by atoms with Gasteiger partial charge in [-0.15, -0.1) is 0 Å². The number of ether oxygens (including phenoxy) is 1. The van der Waals surface area contributed by atoms with Gasteiger partial charge < -0.3 is 15.8 Å². The lowest BCUT2D eigenvalue weighted by molar-refractivity contribution is -0.133. The third-order valence-electron chi connectivity index (χ3n) is 8.48. The van der Waals surface area contributed by atoms with E-state index < -0.39 is 18.0 Å². The van der Waals surface area contributed by atoms with Crippen molar-refractivity contribution in [3.8, 4) is 16.9 Å². The Hall–Kier alpha value is -4.19. The molecule has 10 nitrogen and oxygen atoms in total. The number of nitrogen functional groups attached to an aromatic ring is 1. The molecule has 2 amide bonds. The Morgan fingerprint density at radius 3 is 2.59 bits per heavy atom. The molecule has 2 aromatic carbocycles. The van der Waals surface area contributed by atoms with Gasteiger partial charge in [-0.1, -0.05) is 35.3 Å². The number of likely N-dealkylation sites (tertiary alicyclic amines) is 1. The molecule has 2 aliphatic heterocycles. The molecule has 2 aromatic heterocycles. The van der Waals surface area contributed by atoms with Gasteiger partial charge in [0.15, 0.2) is 11.6 Å². The van der Waals surface area contributed by atoms with E-state index in [-0.39, 0.29) is 28.7 Å². The zero-order valence-electron chi connectivity index (χ0n) is 25.2. The zero-order chi connectivity index (χ0) is 32.4. The van der Waals surface area contributed by atoms with Crippen LogP contribution in [-0.2, 0) is 16.1 Å². The summed E-state index contributed by atoms with van der Waals surface area (Å²) in [5, 5.41) is 10.5. The van der Waals surface area contributed by atoms with Gasteiger partial charge >= 0.3 is 0 Å². The van der Waals surface area contributed by atoms with E-state index in [9.17, 15) is 14.0 Å². The van der Waals surface area contributed by atoms with E-state index in [0.717, 1.165) is 49.3 Å². The maximum absolute atomic E-state index is 14.1. The molecule has 0 radical (unpaired) electrons. The highest BCUT2D eigenvalue weighted by atomic mass is 35.5. The molecule has 240 valence electrons. The number of piperidine rings is 2. The fraction of sp³-hybridized carbons (Fsp3) is 0.333. The quantitative estimate of drug-likeness (QED) is 0.143. The molecule has 2 saturated heterocycles. The average molecular weight is 667 g/mol. The van der Waals surface area contributed by atoms with Gasteiger partial charge in [0.1, 0.15) is 18.0 Å². The van der Waals surface area contributed by atoms with Crippen LogP contribution in [0, 0.1) is 5.82 Å². The lowest BCUT2D eigenvalue weighted by Crippen LogP contribution is -2.47. The number of carbonyl (C=O) groups excluding carboxylic acids is 2. The summed E-state index contributed by atoms with van der Waals surface area (Å²) in [5.74, 6) is -0.549. The number of amides is 2. The number of halogens is 3. The summed E-state index contributed by atoms with van der Waals surface area (Å²) < 4.78 is 22.1. The number of nitrogens with zero attached hydrogens (tertiary/aromatic N) is 4. The van der Waals surface area contributed by atoms with Crippen molar-refractivity contribution in [2.24, 2.45) is 0 Å². The molecular formula is C33H34Cl2FN7O3. The van der Waals surface area contributed by atoms with Gasteiger partial charge in [0.2, 0.25) is 11.8 Å². The molecule has 4 heterocycles. The normalized spacial score (nSPS) is 18.3. The smallest absolute Gasteiger partial charge is 0.249 e. The van der Waals surface area contributed by atoms with Crippen molar-refractivity contribution in [3.63, 3.8) is 0 Å². The van der Waals surface area contributed by atoms with Crippen molar-refractivity contribution in [1.29, 1.82) is 0 Å². The van der Waals surface area contributed by atoms with Gasteiger partial charge in [-0.2, -0.15) is 5.10 Å². The van der Waals surface area contributed by atoms with Crippen LogP contribution in [0.3, 0.4) is 0 Å². The first-order valence-electron chi connectivity index (χ1n) is 15.2. The van der Waals surface area contributed by atoms with Crippen LogP contribution in [0.25, 0.3) is 11.1 Å². The predicted octanol–water partition coefficient (Wildman–Crippen LogP) is 6.17. The summed E-state index contributed by atoms with van der Waals surface area (Å²) >= 11 is 12.5. The Balaban J connectivity index is 1.03. The second-order valence-electron chi connectivity index (χ2n) is 11.7. The highest BCUT2D eigenvalue weighted by Gasteiger charge is 2.27. The molecule has 4 N–H and O–H groups in total. The number of benzene rings is 2. The van der Waals surface area contributed by atoms with Gasteiger partial charge in [-0.25, -0.2) is 9.37 Å². The van der Waals surface area contributed by atoms with Crippen molar-refractivity contribution >= 4 is 46.5 Å². The minimum atomic E-state index is -0.671. The van der Waals surface area contributed by atoms with Crippen LogP contribution in [0.4, 0.5) is 15.9 Å². The maximum Gasteiger partial charge on any atom is 0.249 e. The number of nitrogens with two attached hydrogens (primary N) is 1. The molecule has 1 unspecified atom stereocenters. The van der Waals surface area contributed by atoms with Crippen LogP contribution in [0.5, 0.6) is 5.75 Å². The fourth-order valence-corrected chi connectivity index (χ4v) is 6.58. The lowest BCUT2D eigenvalue weighted by atomic mass is 10.0. The lowest BCUT2D eigenvalue weighted by Gasteiger charge is -2.32. The average Bonchev–Trinajstić information content (AvgIpc) is 3.53. The summed E-state index contributed by atoms with van der Waals surface area (Å²) in [4.78, 5) is 30.2. The van der Waals surface area contributed by atoms with Crippen LogP contribution in [0.15, 0.2) is 61.1 Å². The molecule has 2 fully saturated rings. The second-order valence-corrected chi connectivity index (χ2v) is 12.5. The molecule has 2 atom stereocenters. The number of carbonyl (C=O) groups is 2. The number of hydrogen-bond acceptors (Lipinski definition) is 8. The number of pyridine rings is 1. The zero-order valence-corrected chi connectivity index (χ0v) is 26.7. The van der Waals surface area contributed by atoms with Gasteiger partial charge in [0.25, 0.3) is 0 Å². The molecular weight excluding hydrogens is 632 g/mol. The fourth-order valence-electron chi connectivity index (χ4n) is 5.90. The third-order valence-corrected chi connectivity index (χ3v) is 9.19. The molecule has 0 aliphatic carbocycles. The Bertz CT molecular complexity index is 1740. The number of nitrogens with one attached hydrogen (secondary N) is 2. The number of imide groups is 1. The van der Waals surface area contributed by atoms with Crippen LogP contribution in [0.1, 0.15) is 55.9 Å². The molecule has 0 saturated carbocycles. The topological polar surface area (TPSA) is 127 Å². The van der Waals surface area contributed by atoms with Gasteiger partial charge in [-0.05, 0) is 62.1 Å². The molecule has 46 heavy (non-hydrogen) atoms. The molecule has 0 bridgehead atoms. The van der Waals surface area contributed by atoms with Gasteiger partial charge in [0.05, 0.1) is 17.3 Å². The number of anilines is 2. The predicted molar refractivity (Wildman–Crippen MR) is 175 cm³/mol. The van der Waals surface area contributed by atoms with Gasteiger partial charge in [-0.3, -0.25) is 24.5 Å². The van der Waals surface area contributed by atoms with E-state index in [2.05, 4.69) is 37.7 Å². The van der Waals surface area contributed by atoms with Crippen molar-refractivity contribution in [3.05, 3.63) is 88.0 Å². The van der Waals surface area contributed by atoms with E-state index in [1.165, 1.54) is 17.7 Å². The molecule has 2 aliphatic rings. The summed E-state index contributed by atoms with van der Waals surface area (Å²) in [6, 6.07) is 12.4. The SMILES string of the molecule is C[C@@H](Oc1cc(-c2cnn(C3CCN(Cc4ccc(NC5CCC(=O)NC5=O)cc4)CC3)c2)cnc1N)c1c(Cl)ccc(F)c1Cl. The van der Waals surface area contributed by atoms with Crippen LogP contribution < -0.4 is 21.1 Å². The first kappa shape index (κ1) is 31.8. The Morgan fingerprint density at radius 2 is 1.85 bits per heavy atom. The molecule has 0 spiro atoms. The van der Waals surface area contributed by atoms with E-state index in [4.69, 9.17) is 33.7 Å². The van der Waals surface area contributed by atoms with Gasteiger partial charge in [0, 0.05) is 65.8 Å². The first-order valence-corrected chi connectivity index (χ1v) is 15.9. The highest BCUT2D eigenvalue weighted by Crippen LogP contribution is 2.37. The molecule has 4 aromatic rings. The van der Waals surface area contributed by atoms with E-state index in [1.54, 1.807) is 25.4 Å². The Kier molecular flexibility index (Phi) is 9.44. The van der Waals surface area contributed by atoms with Crippen molar-refractivity contribution in [1.82, 2.24) is 25.0 Å². The minimum Gasteiger partial charge on any atom is -0.482 e. The van der Waals surface area contributed by atoms with Crippen molar-refractivity contribution in [2.45, 2.75) is 57.3 Å². The number of hydrogen-bond donors (Lipinski definition) is 3. The second kappa shape index (κ2) is 13.7. The van der Waals surface area contributed by atoms with Crippen LogP contribution in [0.2, 0.25) is 10.0 Å². The van der Waals surface area contributed by atoms with Crippen LogP contribution >= 0.6 is 23.2 Å².